The second-order valence-corrected chi connectivity index (χ2v) is 5.94. The van der Waals surface area contributed by atoms with Gasteiger partial charge in [-0.3, -0.25) is 18.4 Å². The third-order valence-corrected chi connectivity index (χ3v) is 3.50. The van der Waals surface area contributed by atoms with Crippen LogP contribution in [-0.4, -0.2) is 57.8 Å². The zero-order valence-corrected chi connectivity index (χ0v) is 13.6. The molecule has 0 aromatic heterocycles. The summed E-state index contributed by atoms with van der Waals surface area (Å²) in [6.07, 6.45) is -13.5. The van der Waals surface area contributed by atoms with Crippen LogP contribution < -0.4 is 0 Å². The van der Waals surface area contributed by atoms with Gasteiger partial charge in [0.15, 0.2) is 19.3 Å². The fraction of sp³-hybridized carbons (Fsp3) is 0.800. The van der Waals surface area contributed by atoms with Crippen LogP contribution >= 0.6 is 7.82 Å². The van der Waals surface area contributed by atoms with E-state index in [1.807, 2.05) is 0 Å². The number of phosphoric ester groups is 1. The Labute approximate surface area is 136 Å². The number of ether oxygens (including phenoxy) is 2. The summed E-state index contributed by atoms with van der Waals surface area (Å²) >= 11 is 0. The number of carbonyl (C=O) groups is 2. The van der Waals surface area contributed by atoms with E-state index < -0.39 is 57.9 Å². The monoisotopic (exact) mass is 406 g/mol. The van der Waals surface area contributed by atoms with Crippen LogP contribution in [0.3, 0.4) is 0 Å². The van der Waals surface area contributed by atoms with Crippen LogP contribution in [0.25, 0.3) is 0 Å². The molecule has 0 saturated heterocycles. The van der Waals surface area contributed by atoms with Crippen LogP contribution in [0.2, 0.25) is 0 Å². The number of phosphoric acid groups is 1. The van der Waals surface area contributed by atoms with Gasteiger partial charge < -0.3 is 9.47 Å². The normalized spacial score (nSPS) is 14.1. The van der Waals surface area contributed by atoms with Gasteiger partial charge in [0.2, 0.25) is 0 Å². The van der Waals surface area contributed by atoms with E-state index in [0.29, 0.717) is 0 Å². The first-order valence-electron chi connectivity index (χ1n) is 6.07. The molecule has 0 radical (unpaired) electrons. The molecule has 0 fully saturated rings. The second kappa shape index (κ2) is 9.36. The predicted molar refractivity (Wildman–Crippen MR) is 65.1 cm³/mol. The molecule has 0 N–H and O–H groups in total. The summed E-state index contributed by atoms with van der Waals surface area (Å²) in [4.78, 5) is 22.8. The average Bonchev–Trinajstić information content (AvgIpc) is 2.48. The van der Waals surface area contributed by atoms with Gasteiger partial charge in [-0.1, -0.05) is 0 Å². The molecule has 0 aliphatic carbocycles. The number of hydrogen-bond acceptors (Lipinski definition) is 8. The molecule has 0 spiro atoms. The maximum Gasteiger partial charge on any atom is 0.475 e. The van der Waals surface area contributed by atoms with Crippen molar-refractivity contribution in [2.24, 2.45) is 0 Å². The first kappa shape index (κ1) is 23.6. The van der Waals surface area contributed by atoms with Crippen molar-refractivity contribution in [2.45, 2.75) is 24.9 Å². The van der Waals surface area contributed by atoms with Gasteiger partial charge >= 0.3 is 32.1 Å². The standard InChI is InChI=1S/C10H13F6O8P/c1-20-25(19,21-2)24-6(8(18)23-5-10(14,15)16)3-7(17)22-4-9(11,12)13/h6H,3-5H2,1-2H3. The summed E-state index contributed by atoms with van der Waals surface area (Å²) in [7, 11) is -2.91. The molecule has 0 bridgehead atoms. The number of rotatable bonds is 9. The summed E-state index contributed by atoms with van der Waals surface area (Å²) in [5.41, 5.74) is 0. The van der Waals surface area contributed by atoms with E-state index in [-0.39, 0.29) is 0 Å². The van der Waals surface area contributed by atoms with E-state index >= 15 is 0 Å². The molecule has 0 heterocycles. The summed E-state index contributed by atoms with van der Waals surface area (Å²) in [6.45, 7) is -4.09. The highest BCUT2D eigenvalue weighted by atomic mass is 31.2. The summed E-state index contributed by atoms with van der Waals surface area (Å²) < 4.78 is 104. The van der Waals surface area contributed by atoms with E-state index in [1.54, 1.807) is 0 Å². The second-order valence-electron chi connectivity index (χ2n) is 4.11. The lowest BCUT2D eigenvalue weighted by Gasteiger charge is -2.20. The Bertz CT molecular complexity index is 497. The van der Waals surface area contributed by atoms with Crippen LogP contribution in [0, 0.1) is 0 Å². The third kappa shape index (κ3) is 11.0. The quantitative estimate of drug-likeness (QED) is 0.327. The minimum Gasteiger partial charge on any atom is -0.456 e. The molecule has 148 valence electrons. The highest BCUT2D eigenvalue weighted by Crippen LogP contribution is 2.49. The van der Waals surface area contributed by atoms with E-state index in [0.717, 1.165) is 14.2 Å². The van der Waals surface area contributed by atoms with Crippen LogP contribution in [0.4, 0.5) is 26.3 Å². The van der Waals surface area contributed by atoms with Crippen LogP contribution in [0.15, 0.2) is 0 Å². The van der Waals surface area contributed by atoms with Crippen molar-refractivity contribution in [1.82, 2.24) is 0 Å². The Morgan fingerprint density at radius 1 is 0.920 bits per heavy atom. The molecule has 0 aliphatic rings. The van der Waals surface area contributed by atoms with Crippen LogP contribution in [0.1, 0.15) is 6.42 Å². The van der Waals surface area contributed by atoms with Gasteiger partial charge in [-0.25, -0.2) is 9.36 Å². The molecule has 1 atom stereocenters. The van der Waals surface area contributed by atoms with Crippen LogP contribution in [0.5, 0.6) is 0 Å². The third-order valence-electron chi connectivity index (χ3n) is 2.09. The highest BCUT2D eigenvalue weighted by Gasteiger charge is 2.38. The first-order chi connectivity index (χ1) is 11.2. The largest absolute Gasteiger partial charge is 0.475 e. The topological polar surface area (TPSA) is 97.4 Å². The number of halogens is 6. The van der Waals surface area contributed by atoms with Gasteiger partial charge in [0, 0.05) is 14.2 Å². The molecular weight excluding hydrogens is 393 g/mol. The number of carbonyl (C=O) groups excluding carboxylic acids is 2. The van der Waals surface area contributed by atoms with Gasteiger partial charge in [0.05, 0.1) is 6.42 Å². The van der Waals surface area contributed by atoms with Gasteiger partial charge in [-0.15, -0.1) is 0 Å². The van der Waals surface area contributed by atoms with Crippen molar-refractivity contribution >= 4 is 19.8 Å². The molecular formula is C10H13F6O8P. The minimum absolute atomic E-state index is 0.782. The molecule has 15 heteroatoms. The van der Waals surface area contributed by atoms with Crippen molar-refractivity contribution < 1.29 is 63.5 Å². The lowest BCUT2D eigenvalue weighted by atomic mass is 10.2. The number of hydrogen-bond donors (Lipinski definition) is 0. The van der Waals surface area contributed by atoms with Crippen molar-refractivity contribution in [1.29, 1.82) is 0 Å². The molecule has 0 aromatic rings. The van der Waals surface area contributed by atoms with E-state index in [2.05, 4.69) is 23.0 Å². The minimum atomic E-state index is -4.93. The Morgan fingerprint density at radius 3 is 1.76 bits per heavy atom. The van der Waals surface area contributed by atoms with Crippen molar-refractivity contribution in [3.63, 3.8) is 0 Å². The van der Waals surface area contributed by atoms with E-state index in [4.69, 9.17) is 0 Å². The van der Waals surface area contributed by atoms with Crippen molar-refractivity contribution in [3.8, 4) is 0 Å². The van der Waals surface area contributed by atoms with E-state index in [1.165, 1.54) is 0 Å². The maximum atomic E-state index is 12.0. The average molecular weight is 406 g/mol. The van der Waals surface area contributed by atoms with Gasteiger partial charge in [-0.2, -0.15) is 26.3 Å². The lowest BCUT2D eigenvalue weighted by Crippen LogP contribution is -2.33. The predicted octanol–water partition coefficient (Wildman–Crippen LogP) is 2.37. The fourth-order valence-electron chi connectivity index (χ4n) is 1.10. The molecule has 1 unspecified atom stereocenters. The highest BCUT2D eigenvalue weighted by molar-refractivity contribution is 7.48. The molecule has 0 aromatic carbocycles. The summed E-state index contributed by atoms with van der Waals surface area (Å²) in [5, 5.41) is 0. The summed E-state index contributed by atoms with van der Waals surface area (Å²) in [6, 6.07) is 0. The number of esters is 2. The van der Waals surface area contributed by atoms with Crippen molar-refractivity contribution in [3.05, 3.63) is 0 Å². The Balaban J connectivity index is 5.03. The molecule has 0 rings (SSSR count). The SMILES string of the molecule is COP(=O)(OC)OC(CC(=O)OCC(F)(F)F)C(=O)OCC(F)(F)F. The van der Waals surface area contributed by atoms with E-state index in [9.17, 15) is 40.5 Å². The zero-order chi connectivity index (χ0) is 19.9. The molecule has 8 nitrogen and oxygen atoms in total. The smallest absolute Gasteiger partial charge is 0.456 e. The Hall–Kier alpha value is -1.37. The Morgan fingerprint density at radius 2 is 1.36 bits per heavy atom. The van der Waals surface area contributed by atoms with Crippen molar-refractivity contribution in [2.75, 3.05) is 27.4 Å². The lowest BCUT2D eigenvalue weighted by molar-refractivity contribution is -0.195. The molecule has 0 aliphatic heterocycles. The van der Waals surface area contributed by atoms with Gasteiger partial charge in [0.1, 0.15) is 0 Å². The first-order valence-corrected chi connectivity index (χ1v) is 7.53. The fourth-order valence-corrected chi connectivity index (χ4v) is 1.89. The van der Waals surface area contributed by atoms with Crippen LogP contribution in [-0.2, 0) is 37.2 Å². The van der Waals surface area contributed by atoms with Gasteiger partial charge in [-0.05, 0) is 0 Å². The molecule has 0 saturated carbocycles. The Kier molecular flexibility index (Phi) is 8.85. The number of alkyl halides is 6. The summed E-state index contributed by atoms with van der Waals surface area (Å²) in [5.74, 6) is -3.51. The molecule has 0 amide bonds. The van der Waals surface area contributed by atoms with Gasteiger partial charge in [0.25, 0.3) is 0 Å². The molecule has 25 heavy (non-hydrogen) atoms. The maximum absolute atomic E-state index is 12.0. The zero-order valence-electron chi connectivity index (χ0n) is 12.7.